The van der Waals surface area contributed by atoms with E-state index in [2.05, 4.69) is 5.16 Å². The topological polar surface area (TPSA) is 91.0 Å². The molecule has 0 bridgehead atoms. The number of carbonyl (C=O) groups is 1. The number of nitrogens with zero attached hydrogens (tertiary/aromatic N) is 2. The van der Waals surface area contributed by atoms with Crippen LogP contribution in [0.25, 0.3) is 11.1 Å². The van der Waals surface area contributed by atoms with Gasteiger partial charge in [-0.1, -0.05) is 64.8 Å². The van der Waals surface area contributed by atoms with Crippen LogP contribution in [-0.2, 0) is 15.2 Å². The largest absolute Gasteiger partial charge is 0.435 e. The summed E-state index contributed by atoms with van der Waals surface area (Å²) in [5.74, 6) is -1.81. The molecule has 0 spiro atoms. The SMILES string of the molecule is O=C(OC1=NOC(c2cc(Cl)cc(Cl)c2)(C(F)(F)F)C1)c1cccc([N+](=O)[O-])c1-c1ccccc1. The van der Waals surface area contributed by atoms with Crippen LogP contribution >= 0.6 is 23.2 Å². The zero-order chi connectivity index (χ0) is 25.4. The van der Waals surface area contributed by atoms with Gasteiger partial charge in [-0.15, -0.1) is 0 Å². The highest BCUT2D eigenvalue weighted by Crippen LogP contribution is 2.49. The molecule has 0 radical (unpaired) electrons. The predicted molar refractivity (Wildman–Crippen MR) is 121 cm³/mol. The number of rotatable bonds is 4. The van der Waals surface area contributed by atoms with Crippen molar-refractivity contribution >= 4 is 40.8 Å². The van der Waals surface area contributed by atoms with Gasteiger partial charge in [-0.3, -0.25) is 10.1 Å². The van der Waals surface area contributed by atoms with Gasteiger partial charge in [0.05, 0.1) is 22.5 Å². The molecular formula is C23H13Cl2F3N2O5. The third-order valence-electron chi connectivity index (χ3n) is 5.22. The van der Waals surface area contributed by atoms with Crippen LogP contribution in [0.3, 0.4) is 0 Å². The molecule has 3 aromatic rings. The molecule has 0 aromatic heterocycles. The van der Waals surface area contributed by atoms with Gasteiger partial charge in [0.2, 0.25) is 5.90 Å². The number of halogens is 5. The van der Waals surface area contributed by atoms with Crippen molar-refractivity contribution in [3.05, 3.63) is 98.0 Å². The van der Waals surface area contributed by atoms with Crippen LogP contribution in [0.15, 0.2) is 71.9 Å². The first-order valence-corrected chi connectivity index (χ1v) is 10.6. The first-order valence-electron chi connectivity index (χ1n) is 9.85. The molecule has 3 aromatic carbocycles. The van der Waals surface area contributed by atoms with Gasteiger partial charge < -0.3 is 9.57 Å². The molecule has 4 rings (SSSR count). The smallest absolute Gasteiger partial charge is 0.404 e. The summed E-state index contributed by atoms with van der Waals surface area (Å²) >= 11 is 11.7. The molecule has 1 aliphatic rings. The van der Waals surface area contributed by atoms with Gasteiger partial charge in [0, 0.05) is 21.7 Å². The first-order chi connectivity index (χ1) is 16.5. The molecule has 1 heterocycles. The molecule has 1 unspecified atom stereocenters. The maximum absolute atomic E-state index is 14.1. The van der Waals surface area contributed by atoms with E-state index in [-0.39, 0.29) is 26.9 Å². The van der Waals surface area contributed by atoms with Crippen molar-refractivity contribution in [2.45, 2.75) is 18.2 Å². The number of benzene rings is 3. The van der Waals surface area contributed by atoms with E-state index in [0.717, 1.165) is 12.1 Å². The van der Waals surface area contributed by atoms with Gasteiger partial charge in [0.1, 0.15) is 0 Å². The summed E-state index contributed by atoms with van der Waals surface area (Å²) in [6.07, 6.45) is -5.98. The molecule has 1 atom stereocenters. The van der Waals surface area contributed by atoms with E-state index in [1.54, 1.807) is 30.3 Å². The summed E-state index contributed by atoms with van der Waals surface area (Å²) in [7, 11) is 0. The number of nitro benzene ring substituents is 1. The van der Waals surface area contributed by atoms with Gasteiger partial charge in [-0.05, 0) is 29.8 Å². The number of nitro groups is 1. The molecule has 180 valence electrons. The lowest BCUT2D eigenvalue weighted by molar-refractivity contribution is -0.384. The number of esters is 1. The molecule has 0 saturated carbocycles. The Bertz CT molecular complexity index is 1330. The Hall–Kier alpha value is -3.63. The highest BCUT2D eigenvalue weighted by molar-refractivity contribution is 6.34. The highest BCUT2D eigenvalue weighted by Gasteiger charge is 2.63. The standard InChI is InChI=1S/C23H13Cl2F3N2O5/c24-15-9-14(10-16(25)11-15)22(23(26,27)28)12-19(29-35-22)34-21(31)17-7-4-8-18(30(32)33)20(17)13-5-2-1-3-6-13/h1-11H,12H2. The summed E-state index contributed by atoms with van der Waals surface area (Å²) < 4.78 is 47.5. The molecular weight excluding hydrogens is 512 g/mol. The fourth-order valence-electron chi connectivity index (χ4n) is 3.65. The molecule has 0 aliphatic carbocycles. The van der Waals surface area contributed by atoms with E-state index in [4.69, 9.17) is 32.8 Å². The van der Waals surface area contributed by atoms with Crippen molar-refractivity contribution in [1.82, 2.24) is 0 Å². The fourth-order valence-corrected chi connectivity index (χ4v) is 4.18. The second-order valence-electron chi connectivity index (χ2n) is 7.45. The van der Waals surface area contributed by atoms with Crippen LogP contribution in [0.1, 0.15) is 22.3 Å². The van der Waals surface area contributed by atoms with Crippen LogP contribution < -0.4 is 0 Å². The van der Waals surface area contributed by atoms with Gasteiger partial charge in [-0.2, -0.15) is 13.2 Å². The Kier molecular flexibility index (Phi) is 6.44. The highest BCUT2D eigenvalue weighted by atomic mass is 35.5. The van der Waals surface area contributed by atoms with Crippen LogP contribution in [0.5, 0.6) is 0 Å². The number of hydrogen-bond acceptors (Lipinski definition) is 6. The normalized spacial score (nSPS) is 17.5. The van der Waals surface area contributed by atoms with E-state index < -0.39 is 40.6 Å². The average Bonchev–Trinajstić information content (AvgIpc) is 3.24. The van der Waals surface area contributed by atoms with Crippen molar-refractivity contribution in [2.24, 2.45) is 5.16 Å². The van der Waals surface area contributed by atoms with E-state index in [0.29, 0.717) is 5.56 Å². The van der Waals surface area contributed by atoms with Gasteiger partial charge in [0.25, 0.3) is 11.3 Å². The maximum Gasteiger partial charge on any atom is 0.435 e. The van der Waals surface area contributed by atoms with Crippen molar-refractivity contribution in [3.8, 4) is 11.1 Å². The summed E-state index contributed by atoms with van der Waals surface area (Å²) in [6.45, 7) is 0. The Morgan fingerprint density at radius 1 is 1.06 bits per heavy atom. The Morgan fingerprint density at radius 2 is 1.71 bits per heavy atom. The van der Waals surface area contributed by atoms with Crippen molar-refractivity contribution < 1.29 is 32.5 Å². The van der Waals surface area contributed by atoms with Crippen LogP contribution in [0, 0.1) is 10.1 Å². The lowest BCUT2D eigenvalue weighted by Gasteiger charge is -2.29. The van der Waals surface area contributed by atoms with E-state index in [9.17, 15) is 28.1 Å². The average molecular weight is 525 g/mol. The third-order valence-corrected chi connectivity index (χ3v) is 5.66. The summed E-state index contributed by atoms with van der Waals surface area (Å²) in [6, 6.07) is 15.0. The van der Waals surface area contributed by atoms with Crippen LogP contribution in [0.2, 0.25) is 10.0 Å². The molecule has 7 nitrogen and oxygen atoms in total. The monoisotopic (exact) mass is 524 g/mol. The summed E-state index contributed by atoms with van der Waals surface area (Å²) in [5, 5.41) is 14.8. The second kappa shape index (κ2) is 9.20. The summed E-state index contributed by atoms with van der Waals surface area (Å²) in [5.41, 5.74) is -3.75. The minimum atomic E-state index is -4.99. The minimum absolute atomic E-state index is 0.0497. The quantitative estimate of drug-likeness (QED) is 0.210. The van der Waals surface area contributed by atoms with Gasteiger partial charge in [-0.25, -0.2) is 4.79 Å². The number of ether oxygens (including phenoxy) is 1. The number of alkyl halides is 3. The van der Waals surface area contributed by atoms with Crippen molar-refractivity contribution in [3.63, 3.8) is 0 Å². The molecule has 35 heavy (non-hydrogen) atoms. The molecule has 0 amide bonds. The van der Waals surface area contributed by atoms with Crippen molar-refractivity contribution in [2.75, 3.05) is 0 Å². The van der Waals surface area contributed by atoms with E-state index in [1.165, 1.54) is 24.3 Å². The third kappa shape index (κ3) is 4.67. The van der Waals surface area contributed by atoms with Crippen LogP contribution in [-0.4, -0.2) is 23.0 Å². The predicted octanol–water partition coefficient (Wildman–Crippen LogP) is 6.92. The molecule has 0 N–H and O–H groups in total. The molecule has 1 aliphatic heterocycles. The first kappa shape index (κ1) is 24.5. The number of carbonyl (C=O) groups excluding carboxylic acids is 1. The molecule has 12 heteroatoms. The maximum atomic E-state index is 14.1. The fraction of sp³-hybridized carbons (Fsp3) is 0.130. The lowest BCUT2D eigenvalue weighted by Crippen LogP contribution is -2.43. The zero-order valence-electron chi connectivity index (χ0n) is 17.4. The van der Waals surface area contributed by atoms with Crippen molar-refractivity contribution in [1.29, 1.82) is 0 Å². The Labute approximate surface area is 205 Å². The molecule has 0 fully saturated rings. The molecule has 0 saturated heterocycles. The van der Waals surface area contributed by atoms with Gasteiger partial charge in [0.15, 0.2) is 0 Å². The Balaban J connectivity index is 1.68. The van der Waals surface area contributed by atoms with E-state index in [1.807, 2.05) is 0 Å². The number of oxime groups is 1. The lowest BCUT2D eigenvalue weighted by atomic mass is 9.90. The minimum Gasteiger partial charge on any atom is -0.404 e. The van der Waals surface area contributed by atoms with Crippen LogP contribution in [0.4, 0.5) is 18.9 Å². The second-order valence-corrected chi connectivity index (χ2v) is 8.32. The number of hydrogen-bond donors (Lipinski definition) is 0. The van der Waals surface area contributed by atoms with Gasteiger partial charge >= 0.3 is 12.1 Å². The zero-order valence-corrected chi connectivity index (χ0v) is 18.9. The summed E-state index contributed by atoms with van der Waals surface area (Å²) in [4.78, 5) is 28.7. The van der Waals surface area contributed by atoms with E-state index >= 15 is 0 Å². The Morgan fingerprint density at radius 3 is 2.31 bits per heavy atom.